The normalized spacial score (nSPS) is 13.6. The van der Waals surface area contributed by atoms with Crippen molar-refractivity contribution in [2.75, 3.05) is 35.2 Å². The highest BCUT2D eigenvalue weighted by Crippen LogP contribution is 2.28. The number of carbonyl (C=O) groups excluding carboxylic acids is 2. The van der Waals surface area contributed by atoms with E-state index in [4.69, 9.17) is 0 Å². The number of carbonyl (C=O) groups is 2. The fourth-order valence-corrected chi connectivity index (χ4v) is 4.16. The predicted octanol–water partition coefficient (Wildman–Crippen LogP) is 5.61. The highest BCUT2D eigenvalue weighted by atomic mass is 16.2. The fraction of sp³-hybridized carbons (Fsp3) is 0.308. The van der Waals surface area contributed by atoms with E-state index in [1.165, 1.54) is 6.42 Å². The first-order valence-electron chi connectivity index (χ1n) is 11.4. The Kier molecular flexibility index (Phi) is 6.90. The second-order valence-corrected chi connectivity index (χ2v) is 8.14. The third kappa shape index (κ3) is 5.02. The van der Waals surface area contributed by atoms with Crippen LogP contribution in [0, 0.1) is 0 Å². The van der Waals surface area contributed by atoms with Crippen LogP contribution in [0.4, 0.5) is 21.9 Å². The first-order valence-corrected chi connectivity index (χ1v) is 11.4. The second-order valence-electron chi connectivity index (χ2n) is 8.14. The highest BCUT2D eigenvalue weighted by molar-refractivity contribution is 6.07. The molecular weight excluding hydrogens is 400 g/mol. The van der Waals surface area contributed by atoms with Crippen molar-refractivity contribution in [1.29, 1.82) is 0 Å². The van der Waals surface area contributed by atoms with Gasteiger partial charge < -0.3 is 20.9 Å². The van der Waals surface area contributed by atoms with Gasteiger partial charge in [0.05, 0.1) is 11.3 Å². The maximum atomic E-state index is 12.9. The molecule has 0 spiro atoms. The van der Waals surface area contributed by atoms with Crippen LogP contribution in [-0.2, 0) is 0 Å². The Morgan fingerprint density at radius 1 is 0.906 bits per heavy atom. The zero-order valence-electron chi connectivity index (χ0n) is 18.5. The minimum atomic E-state index is -0.341. The third-order valence-corrected chi connectivity index (χ3v) is 5.77. The maximum Gasteiger partial charge on any atom is 0.323 e. The number of fused-ring (bicyclic) bond motifs is 1. The number of urea groups is 1. The molecule has 1 aliphatic heterocycles. The lowest BCUT2D eigenvalue weighted by Gasteiger charge is -2.30. The molecule has 1 saturated heterocycles. The number of benzene rings is 3. The SMILES string of the molecule is CCCNC(=O)c1cc(NC(=O)Nc2cccc3ccccc23)ccc1N1CCCCC1. The Morgan fingerprint density at radius 2 is 1.69 bits per heavy atom. The lowest BCUT2D eigenvalue weighted by molar-refractivity contribution is 0.0954. The van der Waals surface area contributed by atoms with E-state index in [1.807, 2.05) is 61.5 Å². The number of hydrogen-bond acceptors (Lipinski definition) is 3. The molecule has 32 heavy (non-hydrogen) atoms. The van der Waals surface area contributed by atoms with Crippen LogP contribution in [0.2, 0.25) is 0 Å². The number of anilines is 3. The predicted molar refractivity (Wildman–Crippen MR) is 132 cm³/mol. The van der Waals surface area contributed by atoms with Crippen molar-refractivity contribution >= 4 is 39.8 Å². The molecule has 6 nitrogen and oxygen atoms in total. The van der Waals surface area contributed by atoms with Crippen molar-refractivity contribution in [3.63, 3.8) is 0 Å². The van der Waals surface area contributed by atoms with Crippen molar-refractivity contribution < 1.29 is 9.59 Å². The Bertz CT molecular complexity index is 1100. The number of amides is 3. The van der Waals surface area contributed by atoms with E-state index in [0.29, 0.717) is 17.8 Å². The van der Waals surface area contributed by atoms with Crippen LogP contribution >= 0.6 is 0 Å². The van der Waals surface area contributed by atoms with Gasteiger partial charge in [0.25, 0.3) is 5.91 Å². The first kappa shape index (κ1) is 21.7. The molecule has 3 aromatic carbocycles. The van der Waals surface area contributed by atoms with Crippen LogP contribution in [-0.4, -0.2) is 31.6 Å². The van der Waals surface area contributed by atoms with Gasteiger partial charge in [0.1, 0.15) is 0 Å². The molecule has 4 rings (SSSR count). The largest absolute Gasteiger partial charge is 0.371 e. The molecule has 0 radical (unpaired) electrons. The van der Waals surface area contributed by atoms with Gasteiger partial charge in [0.15, 0.2) is 0 Å². The standard InChI is InChI=1S/C26H30N4O2/c1-2-15-27-25(31)22-18-20(13-14-24(22)30-16-6-3-7-17-30)28-26(32)29-23-12-8-10-19-9-4-5-11-21(19)23/h4-5,8-14,18H,2-3,6-7,15-17H2,1H3,(H,27,31)(H2,28,29,32). The van der Waals surface area contributed by atoms with E-state index in [9.17, 15) is 9.59 Å². The Balaban J connectivity index is 1.54. The summed E-state index contributed by atoms with van der Waals surface area (Å²) >= 11 is 0. The molecule has 0 aromatic heterocycles. The van der Waals surface area contributed by atoms with Crippen LogP contribution in [0.1, 0.15) is 43.0 Å². The molecule has 3 aromatic rings. The molecule has 3 N–H and O–H groups in total. The monoisotopic (exact) mass is 430 g/mol. The molecule has 0 aliphatic carbocycles. The summed E-state index contributed by atoms with van der Waals surface area (Å²) in [4.78, 5) is 27.9. The number of rotatable bonds is 6. The Hall–Kier alpha value is -3.54. The zero-order valence-corrected chi connectivity index (χ0v) is 18.5. The van der Waals surface area contributed by atoms with E-state index in [2.05, 4.69) is 20.9 Å². The summed E-state index contributed by atoms with van der Waals surface area (Å²) < 4.78 is 0. The van der Waals surface area contributed by atoms with Crippen molar-refractivity contribution in [2.45, 2.75) is 32.6 Å². The molecule has 166 valence electrons. The number of piperidine rings is 1. The molecule has 1 heterocycles. The molecule has 0 saturated carbocycles. The summed E-state index contributed by atoms with van der Waals surface area (Å²) in [7, 11) is 0. The van der Waals surface area contributed by atoms with Gasteiger partial charge in [-0.2, -0.15) is 0 Å². The molecule has 3 amide bonds. The summed E-state index contributed by atoms with van der Waals surface area (Å²) in [5.74, 6) is -0.106. The number of nitrogens with one attached hydrogen (secondary N) is 3. The van der Waals surface area contributed by atoms with Gasteiger partial charge in [-0.05, 0) is 55.3 Å². The average molecular weight is 431 g/mol. The van der Waals surface area contributed by atoms with E-state index >= 15 is 0 Å². The van der Waals surface area contributed by atoms with Gasteiger partial charge in [-0.25, -0.2) is 4.79 Å². The van der Waals surface area contributed by atoms with Crippen LogP contribution in [0.3, 0.4) is 0 Å². The minimum absolute atomic E-state index is 0.106. The number of nitrogens with zero attached hydrogens (tertiary/aromatic N) is 1. The van der Waals surface area contributed by atoms with E-state index in [-0.39, 0.29) is 11.9 Å². The lowest BCUT2D eigenvalue weighted by Crippen LogP contribution is -2.33. The van der Waals surface area contributed by atoms with Crippen LogP contribution < -0.4 is 20.9 Å². The molecule has 0 atom stereocenters. The van der Waals surface area contributed by atoms with Crippen molar-refractivity contribution in [3.05, 3.63) is 66.2 Å². The molecule has 0 unspecified atom stereocenters. The van der Waals surface area contributed by atoms with E-state index < -0.39 is 0 Å². The van der Waals surface area contributed by atoms with Gasteiger partial charge in [0.2, 0.25) is 0 Å². The Morgan fingerprint density at radius 3 is 2.50 bits per heavy atom. The van der Waals surface area contributed by atoms with Crippen molar-refractivity contribution in [1.82, 2.24) is 5.32 Å². The highest BCUT2D eigenvalue weighted by Gasteiger charge is 2.19. The molecule has 0 bridgehead atoms. The number of hydrogen-bond donors (Lipinski definition) is 3. The third-order valence-electron chi connectivity index (χ3n) is 5.77. The molecular formula is C26H30N4O2. The summed E-state index contributed by atoms with van der Waals surface area (Å²) in [5, 5.41) is 10.8. The topological polar surface area (TPSA) is 73.5 Å². The van der Waals surface area contributed by atoms with Crippen LogP contribution in [0.15, 0.2) is 60.7 Å². The quantitative estimate of drug-likeness (QED) is 0.476. The molecule has 1 aliphatic rings. The lowest BCUT2D eigenvalue weighted by atomic mass is 10.1. The summed E-state index contributed by atoms with van der Waals surface area (Å²) in [6, 6.07) is 19.0. The van der Waals surface area contributed by atoms with Crippen molar-refractivity contribution in [3.8, 4) is 0 Å². The summed E-state index contributed by atoms with van der Waals surface area (Å²) in [6.45, 7) is 4.55. The van der Waals surface area contributed by atoms with Crippen LogP contribution in [0.5, 0.6) is 0 Å². The van der Waals surface area contributed by atoms with Gasteiger partial charge >= 0.3 is 6.03 Å². The van der Waals surface area contributed by atoms with Gasteiger partial charge in [-0.15, -0.1) is 0 Å². The average Bonchev–Trinajstić information content (AvgIpc) is 2.83. The van der Waals surface area contributed by atoms with E-state index in [1.54, 1.807) is 6.07 Å². The van der Waals surface area contributed by atoms with Crippen molar-refractivity contribution in [2.24, 2.45) is 0 Å². The van der Waals surface area contributed by atoms with Gasteiger partial charge in [-0.3, -0.25) is 4.79 Å². The zero-order chi connectivity index (χ0) is 22.3. The summed E-state index contributed by atoms with van der Waals surface area (Å²) in [5.41, 5.74) is 2.86. The van der Waals surface area contributed by atoms with Crippen LogP contribution in [0.25, 0.3) is 10.8 Å². The fourth-order valence-electron chi connectivity index (χ4n) is 4.16. The first-order chi connectivity index (χ1) is 15.7. The minimum Gasteiger partial charge on any atom is -0.371 e. The molecule has 1 fully saturated rings. The molecule has 6 heteroatoms. The van der Waals surface area contributed by atoms with Gasteiger partial charge in [-0.1, -0.05) is 43.3 Å². The second kappa shape index (κ2) is 10.2. The Labute approximate surface area is 189 Å². The smallest absolute Gasteiger partial charge is 0.323 e. The maximum absolute atomic E-state index is 12.9. The summed E-state index contributed by atoms with van der Waals surface area (Å²) in [6.07, 6.45) is 4.35. The van der Waals surface area contributed by atoms with E-state index in [0.717, 1.165) is 54.5 Å². The van der Waals surface area contributed by atoms with Gasteiger partial charge in [0, 0.05) is 36.4 Å².